The van der Waals surface area contributed by atoms with Crippen molar-refractivity contribution >= 4 is 14.3 Å². The molecule has 0 N–H and O–H groups in total. The summed E-state index contributed by atoms with van der Waals surface area (Å²) in [4.78, 5) is 18.3. The topological polar surface area (TPSA) is 142 Å². The lowest BCUT2D eigenvalue weighted by molar-refractivity contribution is -0.165. The van der Waals surface area contributed by atoms with Gasteiger partial charge in [0.2, 0.25) is 0 Å². The highest BCUT2D eigenvalue weighted by Crippen LogP contribution is 2.37. The van der Waals surface area contributed by atoms with Crippen molar-refractivity contribution in [3.63, 3.8) is 0 Å². The molecule has 1 unspecified atom stereocenters. The molecule has 32 heavy (non-hydrogen) atoms. The maximum atomic E-state index is 12.8. The Morgan fingerprint density at radius 2 is 1.66 bits per heavy atom. The number of esters is 1. The van der Waals surface area contributed by atoms with E-state index in [9.17, 15) is 4.79 Å². The molecule has 10 nitrogen and oxygen atoms in total. The van der Waals surface area contributed by atoms with E-state index in [2.05, 4.69) is 53.9 Å². The Bertz CT molecular complexity index is 864. The van der Waals surface area contributed by atoms with Crippen LogP contribution in [0.2, 0.25) is 18.1 Å². The van der Waals surface area contributed by atoms with Crippen molar-refractivity contribution in [1.29, 1.82) is 0 Å². The third kappa shape index (κ3) is 8.80. The van der Waals surface area contributed by atoms with Gasteiger partial charge in [0.25, 0.3) is 0 Å². The fourth-order valence-corrected chi connectivity index (χ4v) is 3.62. The molecule has 0 saturated carbocycles. The first-order valence-electron chi connectivity index (χ1n) is 10.4. The number of ether oxygens (including phenoxy) is 2. The minimum absolute atomic E-state index is 0.000722. The molecule has 2 atom stereocenters. The van der Waals surface area contributed by atoms with Crippen molar-refractivity contribution in [2.75, 3.05) is 13.2 Å². The van der Waals surface area contributed by atoms with Crippen molar-refractivity contribution in [2.24, 2.45) is 10.2 Å². The van der Waals surface area contributed by atoms with E-state index >= 15 is 0 Å². The van der Waals surface area contributed by atoms with Crippen molar-refractivity contribution in [3.05, 3.63) is 50.7 Å². The number of hydrogen-bond donors (Lipinski definition) is 0. The highest BCUT2D eigenvalue weighted by molar-refractivity contribution is 6.74. The third-order valence-corrected chi connectivity index (χ3v) is 9.57. The second kappa shape index (κ2) is 11.2. The van der Waals surface area contributed by atoms with E-state index in [1.54, 1.807) is 24.3 Å². The van der Waals surface area contributed by atoms with Crippen molar-refractivity contribution in [2.45, 2.75) is 77.4 Å². The summed E-state index contributed by atoms with van der Waals surface area (Å²) in [5.74, 6) is 0.0568. The molecule has 0 fully saturated rings. The lowest BCUT2D eigenvalue weighted by Gasteiger charge is -2.39. The van der Waals surface area contributed by atoms with Crippen molar-refractivity contribution < 1.29 is 18.7 Å². The van der Waals surface area contributed by atoms with Crippen LogP contribution in [0.4, 0.5) is 0 Å². The van der Waals surface area contributed by atoms with Crippen LogP contribution in [0, 0.1) is 0 Å². The number of carbonyl (C=O) groups excluding carboxylic acids is 1. The minimum Gasteiger partial charge on any atom is -0.490 e. The quantitative estimate of drug-likeness (QED) is 0.129. The first kappa shape index (κ1) is 27.3. The zero-order valence-electron chi connectivity index (χ0n) is 20.2. The van der Waals surface area contributed by atoms with Gasteiger partial charge in [-0.15, -0.1) is 0 Å². The first-order chi connectivity index (χ1) is 14.7. The lowest BCUT2D eigenvalue weighted by Crippen LogP contribution is -2.49. The van der Waals surface area contributed by atoms with E-state index in [4.69, 9.17) is 25.0 Å². The van der Waals surface area contributed by atoms with Gasteiger partial charge >= 0.3 is 5.97 Å². The zero-order valence-corrected chi connectivity index (χ0v) is 21.2. The van der Waals surface area contributed by atoms with E-state index in [1.165, 1.54) is 0 Å². The molecule has 176 valence electrons. The largest absolute Gasteiger partial charge is 0.490 e. The van der Waals surface area contributed by atoms with Gasteiger partial charge in [0.15, 0.2) is 14.4 Å². The molecule has 1 aromatic carbocycles. The summed E-state index contributed by atoms with van der Waals surface area (Å²) in [7, 11) is -2.26. The molecular formula is C21H34N6O4Si. The SMILES string of the molecule is CC(C)(C)OC(=O)[C@@H](COc1ccc(C(CN=[N+]=[N-])N=[N+]=[N-])cc1)O[Si](C)(C)C(C)(C)C. The molecule has 0 aliphatic rings. The van der Waals surface area contributed by atoms with Crippen LogP contribution in [0.1, 0.15) is 53.1 Å². The van der Waals surface area contributed by atoms with Crippen LogP contribution in [-0.2, 0) is 14.0 Å². The van der Waals surface area contributed by atoms with Gasteiger partial charge in [0, 0.05) is 16.4 Å². The predicted octanol–water partition coefficient (Wildman–Crippen LogP) is 6.46. The number of hydrogen-bond acceptors (Lipinski definition) is 6. The number of nitrogens with zero attached hydrogens (tertiary/aromatic N) is 6. The molecule has 0 aromatic heterocycles. The van der Waals surface area contributed by atoms with Gasteiger partial charge in [0.1, 0.15) is 18.0 Å². The number of carbonyl (C=O) groups is 1. The van der Waals surface area contributed by atoms with Crippen LogP contribution < -0.4 is 4.74 Å². The summed E-state index contributed by atoms with van der Waals surface area (Å²) in [6.07, 6.45) is -0.865. The van der Waals surface area contributed by atoms with Crippen LogP contribution in [0.5, 0.6) is 5.75 Å². The molecule has 0 heterocycles. The third-order valence-electron chi connectivity index (χ3n) is 5.09. The average Bonchev–Trinajstić information content (AvgIpc) is 2.66. The smallest absolute Gasteiger partial charge is 0.338 e. The molecule has 0 aliphatic heterocycles. The summed E-state index contributed by atoms with van der Waals surface area (Å²) in [5.41, 5.74) is 17.3. The molecule has 1 rings (SSSR count). The maximum absolute atomic E-state index is 12.8. The Kier molecular flexibility index (Phi) is 9.60. The molecule has 1 aromatic rings. The molecule has 0 radical (unpaired) electrons. The van der Waals surface area contributed by atoms with Gasteiger partial charge in [-0.2, -0.15) is 0 Å². The summed E-state index contributed by atoms with van der Waals surface area (Å²) < 4.78 is 17.7. The Morgan fingerprint density at radius 1 is 1.06 bits per heavy atom. The summed E-state index contributed by atoms with van der Waals surface area (Å²) in [5, 5.41) is 7.04. The summed E-state index contributed by atoms with van der Waals surface area (Å²) in [6.45, 7) is 15.9. The van der Waals surface area contributed by atoms with E-state index in [0.29, 0.717) is 11.3 Å². The van der Waals surface area contributed by atoms with Crippen LogP contribution in [-0.4, -0.2) is 39.1 Å². The first-order valence-corrected chi connectivity index (χ1v) is 13.3. The van der Waals surface area contributed by atoms with Crippen LogP contribution in [0.15, 0.2) is 34.5 Å². The van der Waals surface area contributed by atoms with Crippen LogP contribution >= 0.6 is 0 Å². The van der Waals surface area contributed by atoms with Gasteiger partial charge in [-0.3, -0.25) is 0 Å². The van der Waals surface area contributed by atoms with Gasteiger partial charge in [-0.1, -0.05) is 43.1 Å². The average molecular weight is 463 g/mol. The molecule has 11 heteroatoms. The van der Waals surface area contributed by atoms with Crippen LogP contribution in [0.3, 0.4) is 0 Å². The normalized spacial score (nSPS) is 13.9. The molecule has 0 saturated heterocycles. The Hall–Kier alpha value is -2.71. The van der Waals surface area contributed by atoms with Gasteiger partial charge in [0.05, 0.1) is 6.04 Å². The highest BCUT2D eigenvalue weighted by atomic mass is 28.4. The van der Waals surface area contributed by atoms with Crippen molar-refractivity contribution in [3.8, 4) is 5.75 Å². The standard InChI is InChI=1S/C21H34N6O4Si/c1-20(2,3)30-19(28)18(31-32(7,8)21(4,5)6)14-29-16-11-9-15(10-12-16)17(25-27-23)13-24-26-22/h9-12,17-18H,13-14H2,1-8H3/t17?,18-/m1/s1. The fourth-order valence-electron chi connectivity index (χ4n) is 2.39. The number of benzene rings is 1. The molecule has 0 aliphatic carbocycles. The predicted molar refractivity (Wildman–Crippen MR) is 126 cm³/mol. The number of rotatable bonds is 10. The van der Waals surface area contributed by atoms with Gasteiger partial charge in [-0.05, 0) is 67.7 Å². The highest BCUT2D eigenvalue weighted by Gasteiger charge is 2.42. The van der Waals surface area contributed by atoms with E-state index in [1.807, 2.05) is 20.8 Å². The Morgan fingerprint density at radius 3 is 2.12 bits per heavy atom. The number of azide groups is 2. The molecule has 0 amide bonds. The van der Waals surface area contributed by atoms with E-state index in [-0.39, 0.29) is 18.2 Å². The summed E-state index contributed by atoms with van der Waals surface area (Å²) >= 11 is 0. The summed E-state index contributed by atoms with van der Waals surface area (Å²) in [6, 6.07) is 6.23. The monoisotopic (exact) mass is 462 g/mol. The molecule has 0 bridgehead atoms. The van der Waals surface area contributed by atoms with Gasteiger partial charge < -0.3 is 13.9 Å². The minimum atomic E-state index is -2.26. The fraction of sp³-hybridized carbons (Fsp3) is 0.667. The Balaban J connectivity index is 3.00. The second-order valence-electron chi connectivity index (χ2n) is 9.91. The van der Waals surface area contributed by atoms with E-state index < -0.39 is 32.0 Å². The lowest BCUT2D eigenvalue weighted by atomic mass is 10.1. The van der Waals surface area contributed by atoms with E-state index in [0.717, 1.165) is 0 Å². The second-order valence-corrected chi connectivity index (χ2v) is 14.7. The van der Waals surface area contributed by atoms with Gasteiger partial charge in [-0.25, -0.2) is 4.79 Å². The maximum Gasteiger partial charge on any atom is 0.338 e. The van der Waals surface area contributed by atoms with Crippen molar-refractivity contribution in [1.82, 2.24) is 0 Å². The Labute approximate surface area is 190 Å². The molecule has 0 spiro atoms. The van der Waals surface area contributed by atoms with Crippen LogP contribution in [0.25, 0.3) is 20.9 Å². The zero-order chi connectivity index (χ0) is 24.6. The molecular weight excluding hydrogens is 428 g/mol.